The summed E-state index contributed by atoms with van der Waals surface area (Å²) in [6.07, 6.45) is 8.98. The second-order valence-corrected chi connectivity index (χ2v) is 8.44. The molecule has 2 aromatic carbocycles. The Balaban J connectivity index is 1.29. The molecule has 0 unspecified atom stereocenters. The number of para-hydroxylation sites is 1. The SMILES string of the molecule is CCNC(=O)c1cc(C(=O)N[C@@H](C)/C=C/c2cnn(Cc3ccc(Oc4ccccc4)cc3)c2)ccn1. The number of benzene rings is 2. The molecular formula is C29H29N5O3. The van der Waals surface area contributed by atoms with Gasteiger partial charge in [0.2, 0.25) is 0 Å². The molecule has 2 amide bonds. The summed E-state index contributed by atoms with van der Waals surface area (Å²) in [6, 6.07) is 20.4. The summed E-state index contributed by atoms with van der Waals surface area (Å²) in [5.41, 5.74) is 2.62. The summed E-state index contributed by atoms with van der Waals surface area (Å²) >= 11 is 0. The topological polar surface area (TPSA) is 98.1 Å². The van der Waals surface area contributed by atoms with Gasteiger partial charge in [0.25, 0.3) is 11.8 Å². The van der Waals surface area contributed by atoms with E-state index in [2.05, 4.69) is 20.7 Å². The molecule has 2 aromatic heterocycles. The van der Waals surface area contributed by atoms with E-state index in [4.69, 9.17) is 4.74 Å². The zero-order chi connectivity index (χ0) is 26.0. The average Bonchev–Trinajstić information content (AvgIpc) is 3.36. The van der Waals surface area contributed by atoms with E-state index in [1.54, 1.807) is 12.3 Å². The minimum atomic E-state index is -0.307. The van der Waals surface area contributed by atoms with Crippen LogP contribution < -0.4 is 15.4 Å². The van der Waals surface area contributed by atoms with Gasteiger partial charge in [-0.2, -0.15) is 5.10 Å². The van der Waals surface area contributed by atoms with Gasteiger partial charge in [-0.3, -0.25) is 19.3 Å². The molecule has 0 aliphatic carbocycles. The zero-order valence-electron chi connectivity index (χ0n) is 20.8. The highest BCUT2D eigenvalue weighted by Gasteiger charge is 2.12. The van der Waals surface area contributed by atoms with Crippen molar-refractivity contribution in [1.82, 2.24) is 25.4 Å². The molecular weight excluding hydrogens is 466 g/mol. The molecule has 0 fully saturated rings. The number of carbonyl (C=O) groups is 2. The van der Waals surface area contributed by atoms with Crippen molar-refractivity contribution in [3.05, 3.63) is 114 Å². The summed E-state index contributed by atoms with van der Waals surface area (Å²) in [4.78, 5) is 28.6. The molecule has 4 aromatic rings. The van der Waals surface area contributed by atoms with Crippen LogP contribution in [0, 0.1) is 0 Å². The zero-order valence-corrected chi connectivity index (χ0v) is 20.8. The first-order valence-corrected chi connectivity index (χ1v) is 12.1. The third-order valence-corrected chi connectivity index (χ3v) is 5.43. The molecule has 2 heterocycles. The Morgan fingerprint density at radius 1 is 1.03 bits per heavy atom. The van der Waals surface area contributed by atoms with Gasteiger partial charge in [0.05, 0.1) is 12.7 Å². The van der Waals surface area contributed by atoms with Crippen LogP contribution in [0.3, 0.4) is 0 Å². The average molecular weight is 496 g/mol. The molecule has 8 nitrogen and oxygen atoms in total. The van der Waals surface area contributed by atoms with Crippen LogP contribution in [-0.4, -0.2) is 39.2 Å². The highest BCUT2D eigenvalue weighted by Crippen LogP contribution is 2.21. The van der Waals surface area contributed by atoms with E-state index in [9.17, 15) is 9.59 Å². The standard InChI is InChI=1S/C29H29N5O3/c1-3-30-29(36)27-17-24(15-16-31-27)28(35)33-21(2)9-10-23-18-32-34(20-23)19-22-11-13-26(14-12-22)37-25-7-5-4-6-8-25/h4-18,20-21H,3,19H2,1-2H3,(H,30,36)(H,33,35)/b10-9+/t21-/m0/s1. The molecule has 0 saturated carbocycles. The molecule has 2 N–H and O–H groups in total. The Labute approximate surface area is 216 Å². The van der Waals surface area contributed by atoms with Crippen LogP contribution in [0.2, 0.25) is 0 Å². The molecule has 0 radical (unpaired) electrons. The number of pyridine rings is 1. The van der Waals surface area contributed by atoms with Gasteiger partial charge in [0, 0.05) is 36.1 Å². The van der Waals surface area contributed by atoms with Gasteiger partial charge < -0.3 is 15.4 Å². The van der Waals surface area contributed by atoms with Gasteiger partial charge in [-0.1, -0.05) is 42.5 Å². The van der Waals surface area contributed by atoms with Crippen LogP contribution >= 0.6 is 0 Å². The molecule has 0 saturated heterocycles. The highest BCUT2D eigenvalue weighted by molar-refractivity contribution is 5.98. The van der Waals surface area contributed by atoms with E-state index < -0.39 is 0 Å². The van der Waals surface area contributed by atoms with Gasteiger partial charge in [-0.15, -0.1) is 0 Å². The Hall–Kier alpha value is -4.72. The first kappa shape index (κ1) is 25.4. The number of nitrogens with one attached hydrogen (secondary N) is 2. The van der Waals surface area contributed by atoms with Crippen LogP contribution in [0.5, 0.6) is 11.5 Å². The lowest BCUT2D eigenvalue weighted by atomic mass is 10.2. The number of rotatable bonds is 10. The molecule has 0 aliphatic rings. The molecule has 4 rings (SSSR count). The summed E-state index contributed by atoms with van der Waals surface area (Å²) in [5, 5.41) is 10.0. The lowest BCUT2D eigenvalue weighted by molar-refractivity contribution is 0.0947. The second-order valence-electron chi connectivity index (χ2n) is 8.44. The van der Waals surface area contributed by atoms with Crippen molar-refractivity contribution in [2.45, 2.75) is 26.4 Å². The first-order valence-electron chi connectivity index (χ1n) is 12.1. The fourth-order valence-electron chi connectivity index (χ4n) is 3.57. The molecule has 188 valence electrons. The highest BCUT2D eigenvalue weighted by atomic mass is 16.5. The van der Waals surface area contributed by atoms with E-state index in [-0.39, 0.29) is 23.6 Å². The van der Waals surface area contributed by atoms with Crippen LogP contribution in [0.25, 0.3) is 6.08 Å². The van der Waals surface area contributed by atoms with E-state index in [1.807, 2.05) is 91.5 Å². The number of amides is 2. The van der Waals surface area contributed by atoms with Crippen molar-refractivity contribution in [2.75, 3.05) is 6.54 Å². The molecule has 0 spiro atoms. The lowest BCUT2D eigenvalue weighted by Gasteiger charge is -2.10. The first-order chi connectivity index (χ1) is 18.0. The maximum Gasteiger partial charge on any atom is 0.269 e. The predicted octanol–water partition coefficient (Wildman–Crippen LogP) is 4.70. The summed E-state index contributed by atoms with van der Waals surface area (Å²) in [5.74, 6) is 0.996. The van der Waals surface area contributed by atoms with Crippen molar-refractivity contribution < 1.29 is 14.3 Å². The van der Waals surface area contributed by atoms with Gasteiger partial charge >= 0.3 is 0 Å². The Kier molecular flexibility index (Phi) is 8.44. The van der Waals surface area contributed by atoms with Crippen molar-refractivity contribution in [1.29, 1.82) is 0 Å². The normalized spacial score (nSPS) is 11.7. The fourth-order valence-corrected chi connectivity index (χ4v) is 3.57. The number of hydrogen-bond donors (Lipinski definition) is 2. The number of nitrogens with zero attached hydrogens (tertiary/aromatic N) is 3. The Bertz CT molecular complexity index is 1360. The van der Waals surface area contributed by atoms with Crippen LogP contribution in [0.4, 0.5) is 0 Å². The maximum absolute atomic E-state index is 12.6. The maximum atomic E-state index is 12.6. The van der Waals surface area contributed by atoms with E-state index in [0.29, 0.717) is 18.7 Å². The third-order valence-electron chi connectivity index (χ3n) is 5.43. The van der Waals surface area contributed by atoms with Gasteiger partial charge in [-0.25, -0.2) is 0 Å². The van der Waals surface area contributed by atoms with Crippen molar-refractivity contribution >= 4 is 17.9 Å². The van der Waals surface area contributed by atoms with Crippen molar-refractivity contribution in [3.8, 4) is 11.5 Å². The van der Waals surface area contributed by atoms with Gasteiger partial charge in [-0.05, 0) is 55.8 Å². The van der Waals surface area contributed by atoms with Gasteiger partial charge in [0.1, 0.15) is 17.2 Å². The monoisotopic (exact) mass is 495 g/mol. The van der Waals surface area contributed by atoms with Crippen LogP contribution in [0.1, 0.15) is 45.8 Å². The molecule has 0 bridgehead atoms. The Morgan fingerprint density at radius 2 is 1.78 bits per heavy atom. The lowest BCUT2D eigenvalue weighted by Crippen LogP contribution is -2.31. The summed E-state index contributed by atoms with van der Waals surface area (Å²) in [7, 11) is 0. The minimum Gasteiger partial charge on any atom is -0.457 e. The van der Waals surface area contributed by atoms with Crippen LogP contribution in [0.15, 0.2) is 91.4 Å². The number of hydrogen-bond acceptors (Lipinski definition) is 5. The molecule has 1 atom stereocenters. The number of carbonyl (C=O) groups excluding carboxylic acids is 2. The third kappa shape index (κ3) is 7.38. The quantitative estimate of drug-likeness (QED) is 0.332. The van der Waals surface area contributed by atoms with E-state index >= 15 is 0 Å². The summed E-state index contributed by atoms with van der Waals surface area (Å²) < 4.78 is 7.70. The summed E-state index contributed by atoms with van der Waals surface area (Å²) in [6.45, 7) is 4.82. The smallest absolute Gasteiger partial charge is 0.269 e. The largest absolute Gasteiger partial charge is 0.457 e. The molecule has 37 heavy (non-hydrogen) atoms. The Morgan fingerprint density at radius 3 is 2.54 bits per heavy atom. The second kappa shape index (κ2) is 12.3. The van der Waals surface area contributed by atoms with E-state index in [0.717, 1.165) is 22.6 Å². The van der Waals surface area contributed by atoms with Crippen LogP contribution in [-0.2, 0) is 6.54 Å². The minimum absolute atomic E-state index is 0.212. The number of aromatic nitrogens is 3. The predicted molar refractivity (Wildman–Crippen MR) is 142 cm³/mol. The van der Waals surface area contributed by atoms with Crippen molar-refractivity contribution in [2.24, 2.45) is 0 Å². The number of ether oxygens (including phenoxy) is 1. The van der Waals surface area contributed by atoms with Gasteiger partial charge in [0.15, 0.2) is 0 Å². The molecule has 8 heteroatoms. The van der Waals surface area contributed by atoms with Crippen molar-refractivity contribution in [3.63, 3.8) is 0 Å². The van der Waals surface area contributed by atoms with E-state index in [1.165, 1.54) is 12.3 Å². The molecule has 0 aliphatic heterocycles. The fraction of sp³-hybridized carbons (Fsp3) is 0.172.